The SMILES string of the molecule is c1ccc(N(c2cccc(-n3cccn3)c2)c2cccc(-n3c4ccccc4n4c5ccccc5nc34)c2)cc1. The first-order valence-electron chi connectivity index (χ1n) is 13.3. The number of hydrogen-bond donors (Lipinski definition) is 0. The zero-order chi connectivity index (χ0) is 26.5. The smallest absolute Gasteiger partial charge is 0.220 e. The molecule has 0 aliphatic carbocycles. The fraction of sp³-hybridized carbons (Fsp3) is 0. The molecule has 8 rings (SSSR count). The summed E-state index contributed by atoms with van der Waals surface area (Å²) in [7, 11) is 0. The van der Waals surface area contributed by atoms with Gasteiger partial charge in [-0.05, 0) is 78.9 Å². The lowest BCUT2D eigenvalue weighted by Gasteiger charge is -2.26. The van der Waals surface area contributed by atoms with Gasteiger partial charge in [-0.3, -0.25) is 8.97 Å². The van der Waals surface area contributed by atoms with Crippen LogP contribution in [-0.2, 0) is 0 Å². The van der Waals surface area contributed by atoms with Crippen LogP contribution < -0.4 is 4.90 Å². The largest absolute Gasteiger partial charge is 0.310 e. The Morgan fingerprint density at radius 3 is 1.95 bits per heavy atom. The first-order valence-corrected chi connectivity index (χ1v) is 13.3. The van der Waals surface area contributed by atoms with E-state index in [-0.39, 0.29) is 0 Å². The lowest BCUT2D eigenvalue weighted by atomic mass is 10.1. The summed E-state index contributed by atoms with van der Waals surface area (Å²) in [6.45, 7) is 0. The second-order valence-corrected chi connectivity index (χ2v) is 9.72. The maximum Gasteiger partial charge on any atom is 0.220 e. The number of para-hydroxylation sites is 5. The summed E-state index contributed by atoms with van der Waals surface area (Å²) in [5.74, 6) is 0.895. The molecule has 3 aromatic heterocycles. The molecule has 0 bridgehead atoms. The number of anilines is 3. The van der Waals surface area contributed by atoms with Gasteiger partial charge in [0.15, 0.2) is 0 Å². The fourth-order valence-electron chi connectivity index (χ4n) is 5.60. The quantitative estimate of drug-likeness (QED) is 0.232. The summed E-state index contributed by atoms with van der Waals surface area (Å²) in [4.78, 5) is 7.34. The molecule has 0 N–H and O–H groups in total. The highest BCUT2D eigenvalue weighted by Crippen LogP contribution is 2.37. The van der Waals surface area contributed by atoms with Crippen molar-refractivity contribution in [3.8, 4) is 11.4 Å². The third-order valence-corrected chi connectivity index (χ3v) is 7.32. The van der Waals surface area contributed by atoms with Crippen molar-refractivity contribution < 1.29 is 0 Å². The zero-order valence-corrected chi connectivity index (χ0v) is 21.5. The molecule has 0 atom stereocenters. The minimum atomic E-state index is 0.895. The van der Waals surface area contributed by atoms with Crippen molar-refractivity contribution in [2.45, 2.75) is 0 Å². The van der Waals surface area contributed by atoms with Gasteiger partial charge in [0.1, 0.15) is 0 Å². The van der Waals surface area contributed by atoms with Crippen molar-refractivity contribution >= 4 is 44.9 Å². The third kappa shape index (κ3) is 3.50. The highest BCUT2D eigenvalue weighted by Gasteiger charge is 2.19. The van der Waals surface area contributed by atoms with Crippen LogP contribution in [0, 0.1) is 0 Å². The maximum atomic E-state index is 5.06. The van der Waals surface area contributed by atoms with Gasteiger partial charge < -0.3 is 4.90 Å². The number of fused-ring (bicyclic) bond motifs is 5. The average molecular weight is 517 g/mol. The summed E-state index contributed by atoms with van der Waals surface area (Å²) in [6.07, 6.45) is 3.76. The van der Waals surface area contributed by atoms with Crippen LogP contribution in [0.5, 0.6) is 0 Å². The molecule has 6 heteroatoms. The number of hydrogen-bond acceptors (Lipinski definition) is 3. The van der Waals surface area contributed by atoms with Crippen molar-refractivity contribution in [1.29, 1.82) is 0 Å². The van der Waals surface area contributed by atoms with Crippen molar-refractivity contribution in [1.82, 2.24) is 23.7 Å². The fourth-order valence-corrected chi connectivity index (χ4v) is 5.60. The summed E-state index contributed by atoms with van der Waals surface area (Å²) in [5.41, 5.74) is 9.54. The molecular formula is C34H24N6. The lowest BCUT2D eigenvalue weighted by molar-refractivity contribution is 0.880. The molecule has 8 aromatic rings. The highest BCUT2D eigenvalue weighted by molar-refractivity contribution is 5.92. The first-order chi connectivity index (χ1) is 19.8. The van der Waals surface area contributed by atoms with Gasteiger partial charge in [0.25, 0.3) is 0 Å². The van der Waals surface area contributed by atoms with Crippen LogP contribution in [0.4, 0.5) is 17.1 Å². The molecule has 0 fully saturated rings. The lowest BCUT2D eigenvalue weighted by Crippen LogP contribution is -2.11. The molecule has 40 heavy (non-hydrogen) atoms. The molecular weight excluding hydrogens is 492 g/mol. The summed E-state index contributed by atoms with van der Waals surface area (Å²) in [5, 5.41) is 4.44. The van der Waals surface area contributed by atoms with Gasteiger partial charge in [-0.2, -0.15) is 5.10 Å². The van der Waals surface area contributed by atoms with Crippen molar-refractivity contribution in [3.05, 3.63) is 146 Å². The van der Waals surface area contributed by atoms with E-state index in [1.807, 2.05) is 29.1 Å². The van der Waals surface area contributed by atoms with E-state index < -0.39 is 0 Å². The molecule has 0 saturated heterocycles. The van der Waals surface area contributed by atoms with Crippen LogP contribution in [0.15, 0.2) is 146 Å². The Balaban J connectivity index is 1.35. The van der Waals surface area contributed by atoms with Crippen LogP contribution in [0.1, 0.15) is 0 Å². The Morgan fingerprint density at radius 2 is 1.18 bits per heavy atom. The molecule has 0 saturated carbocycles. The van der Waals surface area contributed by atoms with Crippen molar-refractivity contribution in [2.75, 3.05) is 4.90 Å². The highest BCUT2D eigenvalue weighted by atomic mass is 15.3. The average Bonchev–Trinajstić information content (AvgIpc) is 3.74. The Bertz CT molecular complexity index is 2120. The van der Waals surface area contributed by atoms with Gasteiger partial charge in [-0.1, -0.05) is 54.6 Å². The van der Waals surface area contributed by atoms with E-state index in [0.29, 0.717) is 0 Å². The molecule has 190 valence electrons. The monoisotopic (exact) mass is 516 g/mol. The molecule has 0 amide bonds. The third-order valence-electron chi connectivity index (χ3n) is 7.32. The van der Waals surface area contributed by atoms with Gasteiger partial charge in [-0.15, -0.1) is 0 Å². The van der Waals surface area contributed by atoms with Crippen LogP contribution in [0.3, 0.4) is 0 Å². The Kier molecular flexibility index (Phi) is 5.03. The Labute approximate surface area is 230 Å². The molecule has 6 nitrogen and oxygen atoms in total. The standard InChI is InChI=1S/C34H24N6/c1-2-11-25(12-3-1)38(27-14-8-13-26(23-27)37-22-10-21-35-37)28-15-9-16-29(24-28)39-32-19-6-7-20-33(32)40-31-18-5-4-17-30(31)36-34(39)40/h1-24H. The van der Waals surface area contributed by atoms with E-state index in [9.17, 15) is 0 Å². The summed E-state index contributed by atoms with van der Waals surface area (Å²) >= 11 is 0. The second kappa shape index (κ2) is 8.99. The van der Waals surface area contributed by atoms with E-state index in [4.69, 9.17) is 4.98 Å². The first kappa shape index (κ1) is 22.4. The number of imidazole rings is 2. The zero-order valence-electron chi connectivity index (χ0n) is 21.5. The van der Waals surface area contributed by atoms with E-state index in [2.05, 4.69) is 134 Å². The predicted octanol–water partition coefficient (Wildman–Crippen LogP) is 8.09. The molecule has 0 radical (unpaired) electrons. The van der Waals surface area contributed by atoms with Gasteiger partial charge in [0.05, 0.1) is 33.4 Å². The van der Waals surface area contributed by atoms with Gasteiger partial charge in [0.2, 0.25) is 5.78 Å². The summed E-state index contributed by atoms with van der Waals surface area (Å²) in [6, 6.07) is 46.3. The number of nitrogens with zero attached hydrogens (tertiary/aromatic N) is 6. The normalized spacial score (nSPS) is 11.5. The van der Waals surface area contributed by atoms with Crippen LogP contribution in [-0.4, -0.2) is 23.7 Å². The molecule has 3 heterocycles. The molecule has 0 unspecified atom stereocenters. The number of benzene rings is 5. The molecule has 0 aliphatic heterocycles. The number of rotatable bonds is 5. The maximum absolute atomic E-state index is 5.06. The molecule has 0 aliphatic rings. The van der Waals surface area contributed by atoms with E-state index in [1.54, 1.807) is 6.20 Å². The van der Waals surface area contributed by atoms with Crippen molar-refractivity contribution in [3.63, 3.8) is 0 Å². The Morgan fingerprint density at radius 1 is 0.525 bits per heavy atom. The van der Waals surface area contributed by atoms with E-state index >= 15 is 0 Å². The minimum Gasteiger partial charge on any atom is -0.310 e. The summed E-state index contributed by atoms with van der Waals surface area (Å²) < 4.78 is 6.39. The topological polar surface area (TPSA) is 43.3 Å². The Hall–Kier alpha value is -5.62. The number of aromatic nitrogens is 5. The van der Waals surface area contributed by atoms with Crippen LogP contribution in [0.2, 0.25) is 0 Å². The second-order valence-electron chi connectivity index (χ2n) is 9.72. The van der Waals surface area contributed by atoms with Gasteiger partial charge in [0, 0.05) is 29.5 Å². The van der Waals surface area contributed by atoms with Crippen LogP contribution >= 0.6 is 0 Å². The minimum absolute atomic E-state index is 0.895. The predicted molar refractivity (Wildman–Crippen MR) is 161 cm³/mol. The van der Waals surface area contributed by atoms with E-state index in [1.165, 1.54) is 0 Å². The van der Waals surface area contributed by atoms with Crippen LogP contribution in [0.25, 0.3) is 39.2 Å². The molecule has 5 aromatic carbocycles. The van der Waals surface area contributed by atoms with E-state index in [0.717, 1.165) is 56.3 Å². The van der Waals surface area contributed by atoms with Gasteiger partial charge >= 0.3 is 0 Å². The molecule has 0 spiro atoms. The van der Waals surface area contributed by atoms with Gasteiger partial charge in [-0.25, -0.2) is 9.67 Å². The van der Waals surface area contributed by atoms with Crippen molar-refractivity contribution in [2.24, 2.45) is 0 Å².